The summed E-state index contributed by atoms with van der Waals surface area (Å²) in [7, 11) is 0. The van der Waals surface area contributed by atoms with Gasteiger partial charge >= 0.3 is 6.09 Å². The Morgan fingerprint density at radius 2 is 1.68 bits per heavy atom. The van der Waals surface area contributed by atoms with Gasteiger partial charge < -0.3 is 25.0 Å². The first-order valence-corrected chi connectivity index (χ1v) is 11.8. The highest BCUT2D eigenvalue weighted by Crippen LogP contribution is 2.33. The van der Waals surface area contributed by atoms with Gasteiger partial charge in [0.25, 0.3) is 5.91 Å². The summed E-state index contributed by atoms with van der Waals surface area (Å²) in [5.74, 6) is -4.13. The fourth-order valence-corrected chi connectivity index (χ4v) is 4.65. The molecule has 5 rings (SSSR count). The number of aromatic hydroxyl groups is 1. The summed E-state index contributed by atoms with van der Waals surface area (Å²) in [5.41, 5.74) is 0.346. The number of nitrogens with zero attached hydrogens (tertiary/aromatic N) is 2. The molecule has 2 aromatic rings. The molecule has 2 aromatic carbocycles. The van der Waals surface area contributed by atoms with E-state index in [1.165, 1.54) is 29.2 Å². The van der Waals surface area contributed by atoms with E-state index in [1.807, 2.05) is 0 Å². The Labute approximate surface area is 210 Å². The third-order valence-electron chi connectivity index (χ3n) is 6.74. The number of amides is 4. The lowest BCUT2D eigenvalue weighted by Gasteiger charge is -2.42. The molecule has 3 aliphatic heterocycles. The van der Waals surface area contributed by atoms with Crippen LogP contribution in [-0.4, -0.2) is 72.1 Å². The number of phenols is 1. The van der Waals surface area contributed by atoms with Crippen LogP contribution in [0.15, 0.2) is 36.4 Å². The van der Waals surface area contributed by atoms with Crippen molar-refractivity contribution in [3.8, 4) is 5.75 Å². The van der Waals surface area contributed by atoms with Crippen molar-refractivity contribution in [2.24, 2.45) is 0 Å². The van der Waals surface area contributed by atoms with E-state index in [9.17, 15) is 33.1 Å². The molecule has 3 fully saturated rings. The molecule has 0 saturated carbocycles. The van der Waals surface area contributed by atoms with E-state index in [1.54, 1.807) is 4.90 Å². The molecule has 10 nitrogen and oxygen atoms in total. The largest absolute Gasteiger partial charge is 0.508 e. The standard InChI is InChI=1S/C25H24F2N4O6/c26-19-7-15(8-20(27)22(19)18-5-6-21(33)29-23(18)34)30-9-14(10-30)28-25(36)37-17-11-31(12-17)24(35)13-1-3-16(32)4-2-13/h1-4,7-8,14,17-18,32H,5-6,9-12H2,(H,28,36)(H,29,33,34). The molecule has 0 bridgehead atoms. The third-order valence-corrected chi connectivity index (χ3v) is 6.74. The molecule has 0 radical (unpaired) electrons. The lowest BCUT2D eigenvalue weighted by Crippen LogP contribution is -2.61. The first kappa shape index (κ1) is 24.5. The van der Waals surface area contributed by atoms with E-state index in [-0.39, 0.29) is 54.9 Å². The van der Waals surface area contributed by atoms with E-state index in [0.29, 0.717) is 18.7 Å². The van der Waals surface area contributed by atoms with Crippen LogP contribution in [0.4, 0.5) is 19.3 Å². The summed E-state index contributed by atoms with van der Waals surface area (Å²) in [6.45, 7) is 1.12. The van der Waals surface area contributed by atoms with Gasteiger partial charge in [-0.3, -0.25) is 19.7 Å². The van der Waals surface area contributed by atoms with Gasteiger partial charge in [0.15, 0.2) is 0 Å². The van der Waals surface area contributed by atoms with Crippen molar-refractivity contribution in [1.82, 2.24) is 15.5 Å². The second-order valence-electron chi connectivity index (χ2n) is 9.36. The van der Waals surface area contributed by atoms with Crippen LogP contribution in [-0.2, 0) is 14.3 Å². The Bertz CT molecular complexity index is 1240. The molecule has 3 saturated heterocycles. The van der Waals surface area contributed by atoms with Gasteiger partial charge in [-0.1, -0.05) is 0 Å². The maximum atomic E-state index is 14.7. The zero-order valence-corrected chi connectivity index (χ0v) is 19.6. The van der Waals surface area contributed by atoms with Gasteiger partial charge in [0.2, 0.25) is 11.8 Å². The summed E-state index contributed by atoms with van der Waals surface area (Å²) in [5, 5.41) is 14.1. The number of carbonyl (C=O) groups is 4. The first-order valence-electron chi connectivity index (χ1n) is 11.8. The molecule has 0 aromatic heterocycles. The number of alkyl carbamates (subject to hydrolysis) is 1. The van der Waals surface area contributed by atoms with E-state index in [0.717, 1.165) is 12.1 Å². The maximum Gasteiger partial charge on any atom is 0.407 e. The Morgan fingerprint density at radius 1 is 1.03 bits per heavy atom. The molecular weight excluding hydrogens is 490 g/mol. The minimum Gasteiger partial charge on any atom is -0.508 e. The molecular formula is C25H24F2N4O6. The van der Waals surface area contributed by atoms with E-state index >= 15 is 0 Å². The van der Waals surface area contributed by atoms with Crippen LogP contribution < -0.4 is 15.5 Å². The summed E-state index contributed by atoms with van der Waals surface area (Å²) < 4.78 is 34.8. The molecule has 0 spiro atoms. The van der Waals surface area contributed by atoms with Crippen molar-refractivity contribution < 1.29 is 37.8 Å². The lowest BCUT2D eigenvalue weighted by atomic mass is 9.89. The maximum absolute atomic E-state index is 14.7. The van der Waals surface area contributed by atoms with Gasteiger partial charge in [0.1, 0.15) is 23.5 Å². The molecule has 1 unspecified atom stereocenters. The zero-order chi connectivity index (χ0) is 26.3. The Hall–Kier alpha value is -4.22. The van der Waals surface area contributed by atoms with Gasteiger partial charge in [-0.05, 0) is 42.8 Å². The smallest absolute Gasteiger partial charge is 0.407 e. The number of likely N-dealkylation sites (tertiary alicyclic amines) is 1. The van der Waals surface area contributed by atoms with Crippen molar-refractivity contribution >= 4 is 29.5 Å². The molecule has 12 heteroatoms. The average Bonchev–Trinajstić information content (AvgIpc) is 2.79. The quantitative estimate of drug-likeness (QED) is 0.518. The van der Waals surface area contributed by atoms with Crippen molar-refractivity contribution in [1.29, 1.82) is 0 Å². The first-order chi connectivity index (χ1) is 17.7. The van der Waals surface area contributed by atoms with Crippen LogP contribution in [0.25, 0.3) is 0 Å². The number of benzene rings is 2. The van der Waals surface area contributed by atoms with Gasteiger partial charge in [-0.2, -0.15) is 0 Å². The lowest BCUT2D eigenvalue weighted by molar-refractivity contribution is -0.134. The normalized spacial score (nSPS) is 20.1. The Morgan fingerprint density at radius 3 is 2.30 bits per heavy atom. The number of imide groups is 1. The monoisotopic (exact) mass is 514 g/mol. The summed E-state index contributed by atoms with van der Waals surface area (Å²) >= 11 is 0. The highest BCUT2D eigenvalue weighted by atomic mass is 19.1. The predicted molar refractivity (Wildman–Crippen MR) is 125 cm³/mol. The number of carbonyl (C=O) groups excluding carboxylic acids is 4. The molecule has 0 aliphatic carbocycles. The molecule has 3 heterocycles. The van der Waals surface area contributed by atoms with Crippen molar-refractivity contribution in [2.45, 2.75) is 30.9 Å². The predicted octanol–water partition coefficient (Wildman–Crippen LogP) is 1.63. The number of nitrogens with one attached hydrogen (secondary N) is 2. The summed E-state index contributed by atoms with van der Waals surface area (Å²) in [6.07, 6.45) is -1.03. The van der Waals surface area contributed by atoms with Crippen molar-refractivity contribution in [3.05, 3.63) is 59.2 Å². The van der Waals surface area contributed by atoms with E-state index < -0.39 is 41.6 Å². The Balaban J connectivity index is 1.08. The number of rotatable bonds is 5. The molecule has 3 N–H and O–H groups in total. The molecule has 1 atom stereocenters. The second kappa shape index (κ2) is 9.68. The summed E-state index contributed by atoms with van der Waals surface area (Å²) in [4.78, 5) is 51.1. The van der Waals surface area contributed by atoms with Gasteiger partial charge in [-0.25, -0.2) is 13.6 Å². The van der Waals surface area contributed by atoms with Crippen LogP contribution in [0, 0.1) is 11.6 Å². The topological polar surface area (TPSA) is 128 Å². The zero-order valence-electron chi connectivity index (χ0n) is 19.6. The number of phenolic OH excluding ortho intramolecular Hbond substituents is 1. The Kier molecular flexibility index (Phi) is 6.40. The van der Waals surface area contributed by atoms with Gasteiger partial charge in [0, 0.05) is 36.3 Å². The van der Waals surface area contributed by atoms with Crippen molar-refractivity contribution in [3.63, 3.8) is 0 Å². The fourth-order valence-electron chi connectivity index (χ4n) is 4.65. The third kappa shape index (κ3) is 5.04. The van der Waals surface area contributed by atoms with Crippen LogP contribution in [0.3, 0.4) is 0 Å². The fraction of sp³-hybridized carbons (Fsp3) is 0.360. The minimum absolute atomic E-state index is 0.0141. The SMILES string of the molecule is O=C1CCC(c2c(F)cc(N3CC(NC(=O)OC4CN(C(=O)c5ccc(O)cc5)C4)C3)cc2F)C(=O)N1. The minimum atomic E-state index is -1.06. The van der Waals surface area contributed by atoms with E-state index in [4.69, 9.17) is 4.74 Å². The van der Waals surface area contributed by atoms with Crippen LogP contribution in [0.1, 0.15) is 34.7 Å². The highest BCUT2D eigenvalue weighted by Gasteiger charge is 2.37. The van der Waals surface area contributed by atoms with Gasteiger partial charge in [-0.15, -0.1) is 0 Å². The van der Waals surface area contributed by atoms with Gasteiger partial charge in [0.05, 0.1) is 25.0 Å². The number of anilines is 1. The van der Waals surface area contributed by atoms with Crippen molar-refractivity contribution in [2.75, 3.05) is 31.1 Å². The number of halogens is 2. The van der Waals surface area contributed by atoms with E-state index in [2.05, 4.69) is 10.6 Å². The molecule has 37 heavy (non-hydrogen) atoms. The number of hydrogen-bond donors (Lipinski definition) is 3. The second-order valence-corrected chi connectivity index (χ2v) is 9.36. The number of ether oxygens (including phenoxy) is 1. The highest BCUT2D eigenvalue weighted by molar-refractivity contribution is 6.01. The number of hydrogen-bond acceptors (Lipinski definition) is 7. The van der Waals surface area contributed by atoms with Crippen LogP contribution >= 0.6 is 0 Å². The van der Waals surface area contributed by atoms with Crippen LogP contribution in [0.5, 0.6) is 5.75 Å². The van der Waals surface area contributed by atoms with Crippen LogP contribution in [0.2, 0.25) is 0 Å². The molecule has 4 amide bonds. The molecule has 194 valence electrons. The average molecular weight is 514 g/mol. The molecule has 3 aliphatic rings. The number of piperidine rings is 1. The summed E-state index contributed by atoms with van der Waals surface area (Å²) in [6, 6.07) is 7.87.